The van der Waals surface area contributed by atoms with Crippen molar-refractivity contribution < 1.29 is 19.2 Å². The van der Waals surface area contributed by atoms with Crippen LogP contribution in [-0.4, -0.2) is 98.5 Å². The van der Waals surface area contributed by atoms with Gasteiger partial charge < -0.3 is 14.7 Å². The van der Waals surface area contributed by atoms with Crippen LogP contribution in [0.1, 0.15) is 59.2 Å². The molecule has 0 unspecified atom stereocenters. The summed E-state index contributed by atoms with van der Waals surface area (Å²) in [5.74, 6) is -0.000398. The molecule has 0 spiro atoms. The Morgan fingerprint density at radius 1 is 1.08 bits per heavy atom. The van der Waals surface area contributed by atoms with Gasteiger partial charge in [-0.1, -0.05) is 39.3 Å². The molecule has 0 saturated carbocycles. The van der Waals surface area contributed by atoms with Gasteiger partial charge in [0.25, 0.3) is 11.8 Å². The second-order valence-corrected chi connectivity index (χ2v) is 11.8. The molecule has 3 fully saturated rings. The van der Waals surface area contributed by atoms with Gasteiger partial charge in [-0.3, -0.25) is 19.2 Å². The lowest BCUT2D eigenvalue weighted by Crippen LogP contribution is -2.74. The summed E-state index contributed by atoms with van der Waals surface area (Å²) in [5.41, 5.74) is 0. The Balaban J connectivity index is 1.67. The van der Waals surface area contributed by atoms with Gasteiger partial charge in [0.15, 0.2) is 18.1 Å². The molecule has 3 atom stereocenters. The standard InChI is InChI=1S/C27H39ClN6O4/c1-17(2)12-21-26(36)32(20-8-10-31(5)11-9-20)16-24-33(21)27(37)22(13-18(3)4)38-34(24)25(35)7-6-23-29-14-19(28)15-30-23/h6-7,14-15,17-18,20-22,24H,8-13,16H2,1-5H3/b7-6+/t21-,22+,24-/m0/s1. The number of likely N-dealkylation sites (tertiary alicyclic amines) is 1. The molecule has 3 aliphatic rings. The molecule has 0 aromatic carbocycles. The number of fused-ring (bicyclic) bond motifs is 1. The maximum Gasteiger partial charge on any atom is 0.272 e. The second kappa shape index (κ2) is 12.1. The van der Waals surface area contributed by atoms with E-state index in [2.05, 4.69) is 21.9 Å². The third-order valence-corrected chi connectivity index (χ3v) is 7.56. The van der Waals surface area contributed by atoms with Crippen LogP contribution in [0.2, 0.25) is 5.02 Å². The van der Waals surface area contributed by atoms with Crippen molar-refractivity contribution in [1.82, 2.24) is 29.7 Å². The van der Waals surface area contributed by atoms with Crippen molar-refractivity contribution >= 4 is 35.4 Å². The zero-order chi connectivity index (χ0) is 27.6. The largest absolute Gasteiger partial charge is 0.334 e. The zero-order valence-electron chi connectivity index (χ0n) is 22.9. The molecule has 1 aromatic heterocycles. The van der Waals surface area contributed by atoms with E-state index >= 15 is 0 Å². The Morgan fingerprint density at radius 2 is 1.71 bits per heavy atom. The van der Waals surface area contributed by atoms with Crippen molar-refractivity contribution in [3.05, 3.63) is 29.3 Å². The lowest BCUT2D eigenvalue weighted by molar-refractivity contribution is -0.275. The van der Waals surface area contributed by atoms with Crippen LogP contribution < -0.4 is 0 Å². The number of hydroxylamine groups is 2. The number of piperidine rings is 1. The van der Waals surface area contributed by atoms with E-state index in [1.807, 2.05) is 32.6 Å². The van der Waals surface area contributed by atoms with E-state index < -0.39 is 24.2 Å². The maximum atomic E-state index is 13.9. The van der Waals surface area contributed by atoms with Gasteiger partial charge in [0.1, 0.15) is 6.04 Å². The molecule has 0 aliphatic carbocycles. The van der Waals surface area contributed by atoms with Gasteiger partial charge in [0.2, 0.25) is 5.91 Å². The van der Waals surface area contributed by atoms with Gasteiger partial charge in [-0.15, -0.1) is 0 Å². The number of hydrogen-bond donors (Lipinski definition) is 0. The monoisotopic (exact) mass is 546 g/mol. The predicted octanol–water partition coefficient (Wildman–Crippen LogP) is 2.84. The number of aromatic nitrogens is 2. The van der Waals surface area contributed by atoms with E-state index in [4.69, 9.17) is 16.4 Å². The number of amides is 3. The molecule has 10 nitrogen and oxygen atoms in total. The van der Waals surface area contributed by atoms with Crippen LogP contribution in [0.3, 0.4) is 0 Å². The Bertz CT molecular complexity index is 1040. The van der Waals surface area contributed by atoms with E-state index in [1.165, 1.54) is 29.6 Å². The molecule has 3 saturated heterocycles. The van der Waals surface area contributed by atoms with Crippen LogP contribution in [0.15, 0.2) is 18.5 Å². The molecule has 4 rings (SSSR count). The average molecular weight is 547 g/mol. The van der Waals surface area contributed by atoms with E-state index in [0.717, 1.165) is 25.9 Å². The average Bonchev–Trinajstić information content (AvgIpc) is 2.86. The summed E-state index contributed by atoms with van der Waals surface area (Å²) in [6.45, 7) is 10.1. The molecular formula is C27H39ClN6O4. The predicted molar refractivity (Wildman–Crippen MR) is 143 cm³/mol. The molecule has 38 heavy (non-hydrogen) atoms. The maximum absolute atomic E-state index is 13.9. The summed E-state index contributed by atoms with van der Waals surface area (Å²) in [4.78, 5) is 61.4. The minimum absolute atomic E-state index is 0.0273. The fourth-order valence-electron chi connectivity index (χ4n) is 5.47. The summed E-state index contributed by atoms with van der Waals surface area (Å²) < 4.78 is 0. The Labute approximate surface area is 229 Å². The van der Waals surface area contributed by atoms with Crippen LogP contribution in [0.25, 0.3) is 6.08 Å². The van der Waals surface area contributed by atoms with Gasteiger partial charge in [-0.25, -0.2) is 9.97 Å². The smallest absolute Gasteiger partial charge is 0.272 e. The highest BCUT2D eigenvalue weighted by Gasteiger charge is 2.53. The molecule has 0 radical (unpaired) electrons. The van der Waals surface area contributed by atoms with Crippen LogP contribution >= 0.6 is 11.6 Å². The number of carbonyl (C=O) groups excluding carboxylic acids is 3. The lowest BCUT2D eigenvalue weighted by atomic mass is 9.93. The fourth-order valence-corrected chi connectivity index (χ4v) is 5.57. The molecule has 11 heteroatoms. The van der Waals surface area contributed by atoms with Gasteiger partial charge in [0, 0.05) is 24.5 Å². The summed E-state index contributed by atoms with van der Waals surface area (Å²) in [6, 6.07) is -0.577. The SMILES string of the molecule is CC(C)C[C@H]1ON(C(=O)/C=C/c2ncc(Cl)cn2)[C@H]2CN(C3CCN(C)CC3)C(=O)[C@H](CC(C)C)N2C1=O. The van der Waals surface area contributed by atoms with E-state index in [-0.39, 0.29) is 36.2 Å². The fraction of sp³-hybridized carbons (Fsp3) is 0.667. The summed E-state index contributed by atoms with van der Waals surface area (Å²) >= 11 is 5.87. The molecule has 0 N–H and O–H groups in total. The minimum Gasteiger partial charge on any atom is -0.334 e. The normalized spacial score (nSPS) is 25.7. The quantitative estimate of drug-likeness (QED) is 0.485. The first-order valence-electron chi connectivity index (χ1n) is 13.5. The number of hydrogen-bond acceptors (Lipinski definition) is 7. The Morgan fingerprint density at radius 3 is 2.32 bits per heavy atom. The molecule has 1 aromatic rings. The molecule has 208 valence electrons. The first kappa shape index (κ1) is 28.4. The van der Waals surface area contributed by atoms with E-state index in [9.17, 15) is 14.4 Å². The van der Waals surface area contributed by atoms with Crippen LogP contribution in [-0.2, 0) is 19.2 Å². The van der Waals surface area contributed by atoms with Gasteiger partial charge >= 0.3 is 0 Å². The zero-order valence-corrected chi connectivity index (χ0v) is 23.7. The number of nitrogens with zero attached hydrogens (tertiary/aromatic N) is 6. The Kier molecular flexibility index (Phi) is 9.05. The number of halogens is 1. The molecule has 0 bridgehead atoms. The van der Waals surface area contributed by atoms with Crippen LogP contribution in [0.5, 0.6) is 0 Å². The number of piperazine rings is 1. The minimum atomic E-state index is -0.840. The van der Waals surface area contributed by atoms with Crippen molar-refractivity contribution in [2.45, 2.75) is 77.7 Å². The van der Waals surface area contributed by atoms with Crippen molar-refractivity contribution in [2.24, 2.45) is 11.8 Å². The van der Waals surface area contributed by atoms with E-state index in [1.54, 1.807) is 4.90 Å². The van der Waals surface area contributed by atoms with Crippen LogP contribution in [0, 0.1) is 11.8 Å². The first-order chi connectivity index (χ1) is 18.0. The Hall–Kier alpha value is -2.56. The van der Waals surface area contributed by atoms with Crippen molar-refractivity contribution in [3.63, 3.8) is 0 Å². The second-order valence-electron chi connectivity index (χ2n) is 11.4. The molecule has 3 aliphatic heterocycles. The third-order valence-electron chi connectivity index (χ3n) is 7.37. The summed E-state index contributed by atoms with van der Waals surface area (Å²) in [5, 5.41) is 1.69. The number of rotatable bonds is 7. The molecular weight excluding hydrogens is 508 g/mol. The van der Waals surface area contributed by atoms with Crippen molar-refractivity contribution in [1.29, 1.82) is 0 Å². The van der Waals surface area contributed by atoms with Gasteiger partial charge in [-0.2, -0.15) is 5.06 Å². The topological polar surface area (TPSA) is 99.2 Å². The highest BCUT2D eigenvalue weighted by atomic mass is 35.5. The van der Waals surface area contributed by atoms with Gasteiger partial charge in [0.05, 0.1) is 11.6 Å². The lowest BCUT2D eigenvalue weighted by Gasteiger charge is -2.55. The first-order valence-corrected chi connectivity index (χ1v) is 13.9. The van der Waals surface area contributed by atoms with Gasteiger partial charge in [-0.05, 0) is 63.7 Å². The summed E-state index contributed by atoms with van der Waals surface area (Å²) in [7, 11) is 2.08. The van der Waals surface area contributed by atoms with Crippen molar-refractivity contribution in [2.75, 3.05) is 26.7 Å². The highest BCUT2D eigenvalue weighted by molar-refractivity contribution is 6.30. The van der Waals surface area contributed by atoms with Crippen LogP contribution in [0.4, 0.5) is 0 Å². The number of carbonyl (C=O) groups is 3. The van der Waals surface area contributed by atoms with Crippen molar-refractivity contribution in [3.8, 4) is 0 Å². The third kappa shape index (κ3) is 6.35. The van der Waals surface area contributed by atoms with E-state index in [0.29, 0.717) is 23.7 Å². The molecule has 3 amide bonds. The molecule has 4 heterocycles. The summed E-state index contributed by atoms with van der Waals surface area (Å²) in [6.07, 6.45) is 6.88. The highest BCUT2D eigenvalue weighted by Crippen LogP contribution is 2.34.